The maximum absolute atomic E-state index is 13.2. The van der Waals surface area contributed by atoms with E-state index in [0.29, 0.717) is 11.5 Å². The molecule has 2 aromatic rings. The summed E-state index contributed by atoms with van der Waals surface area (Å²) in [5, 5.41) is -0.434. The zero-order valence-corrected chi connectivity index (χ0v) is 21.0. The van der Waals surface area contributed by atoms with Gasteiger partial charge in [-0.2, -0.15) is 13.2 Å². The fourth-order valence-electron chi connectivity index (χ4n) is 3.44. The summed E-state index contributed by atoms with van der Waals surface area (Å²) in [6, 6.07) is 10.6. The fraction of sp³-hybridized carbons (Fsp3) is 0.360. The van der Waals surface area contributed by atoms with Crippen LogP contribution in [0, 0.1) is 0 Å². The molecule has 0 unspecified atom stereocenters. The highest BCUT2D eigenvalue weighted by atomic mass is 35.5. The van der Waals surface area contributed by atoms with Gasteiger partial charge in [-0.05, 0) is 48.4 Å². The summed E-state index contributed by atoms with van der Waals surface area (Å²) in [4.78, 5) is 14.3. The first-order valence-corrected chi connectivity index (χ1v) is 12.7. The van der Waals surface area contributed by atoms with Gasteiger partial charge in [-0.3, -0.25) is 9.69 Å². The SMILES string of the molecule is CCCCCCCCOc1ccc(C=C2SC(=S)N(c3ccc(Cl)c(C(F)(F)F)c3)C2=O)cc1. The standard InChI is InChI=1S/C25H25ClF3NO2S2/c1-2-3-4-5-6-7-14-32-19-11-8-17(9-12-19)15-22-23(31)30(24(33)34-22)18-10-13-21(26)20(16-18)25(27,28)29/h8-13,15-16H,2-7,14H2,1H3. The number of carbonyl (C=O) groups is 1. The molecule has 0 spiro atoms. The minimum atomic E-state index is -4.64. The quantitative estimate of drug-likeness (QED) is 0.176. The molecule has 0 aromatic heterocycles. The Kier molecular flexibility index (Phi) is 9.45. The Labute approximate surface area is 212 Å². The third-order valence-electron chi connectivity index (χ3n) is 5.25. The van der Waals surface area contributed by atoms with Crippen LogP contribution in [-0.4, -0.2) is 16.8 Å². The van der Waals surface area contributed by atoms with Crippen LogP contribution in [0.2, 0.25) is 5.02 Å². The number of alkyl halides is 3. The molecule has 1 aliphatic heterocycles. The van der Waals surface area contributed by atoms with Crippen molar-refractivity contribution in [3.63, 3.8) is 0 Å². The first-order chi connectivity index (χ1) is 16.2. The highest BCUT2D eigenvalue weighted by Crippen LogP contribution is 2.41. The Morgan fingerprint density at radius 2 is 1.74 bits per heavy atom. The van der Waals surface area contributed by atoms with Gasteiger partial charge in [-0.1, -0.05) is 86.7 Å². The molecule has 3 nitrogen and oxygen atoms in total. The van der Waals surface area contributed by atoms with Crippen LogP contribution in [0.15, 0.2) is 47.4 Å². The molecule has 9 heteroatoms. The van der Waals surface area contributed by atoms with Crippen molar-refractivity contribution in [3.05, 3.63) is 63.5 Å². The van der Waals surface area contributed by atoms with Crippen LogP contribution in [0.25, 0.3) is 6.08 Å². The minimum absolute atomic E-state index is 0.0288. The van der Waals surface area contributed by atoms with Crippen molar-refractivity contribution in [2.45, 2.75) is 51.6 Å². The summed E-state index contributed by atoms with van der Waals surface area (Å²) in [6.07, 6.45) is 4.18. The Balaban J connectivity index is 1.63. The van der Waals surface area contributed by atoms with Crippen LogP contribution in [0.1, 0.15) is 56.6 Å². The maximum Gasteiger partial charge on any atom is 0.417 e. The largest absolute Gasteiger partial charge is 0.494 e. The number of anilines is 1. The minimum Gasteiger partial charge on any atom is -0.494 e. The maximum atomic E-state index is 13.2. The number of ether oxygens (including phenoxy) is 1. The van der Waals surface area contributed by atoms with Gasteiger partial charge in [0.1, 0.15) is 5.75 Å². The highest BCUT2D eigenvalue weighted by Gasteiger charge is 2.37. The van der Waals surface area contributed by atoms with Crippen molar-refractivity contribution in [2.24, 2.45) is 0 Å². The van der Waals surface area contributed by atoms with Crippen LogP contribution < -0.4 is 9.64 Å². The third-order valence-corrected chi connectivity index (χ3v) is 6.88. The lowest BCUT2D eigenvalue weighted by atomic mass is 10.1. The lowest BCUT2D eigenvalue weighted by Crippen LogP contribution is -2.27. The number of carbonyl (C=O) groups excluding carboxylic acids is 1. The summed E-state index contributed by atoms with van der Waals surface area (Å²) >= 11 is 12.0. The lowest BCUT2D eigenvalue weighted by molar-refractivity contribution is -0.137. The van der Waals surface area contributed by atoms with Gasteiger partial charge in [0.15, 0.2) is 4.32 Å². The smallest absolute Gasteiger partial charge is 0.417 e. The number of thioether (sulfide) groups is 1. The van der Waals surface area contributed by atoms with E-state index in [9.17, 15) is 18.0 Å². The monoisotopic (exact) mass is 527 g/mol. The first kappa shape index (κ1) is 26.6. The van der Waals surface area contributed by atoms with E-state index in [0.717, 1.165) is 52.9 Å². The predicted molar refractivity (Wildman–Crippen MR) is 137 cm³/mol. The zero-order chi connectivity index (χ0) is 24.7. The van der Waals surface area contributed by atoms with Gasteiger partial charge in [0.2, 0.25) is 0 Å². The van der Waals surface area contributed by atoms with E-state index in [1.807, 2.05) is 24.3 Å². The molecular weight excluding hydrogens is 503 g/mol. The molecule has 1 aliphatic rings. The van der Waals surface area contributed by atoms with Crippen LogP contribution in [0.4, 0.5) is 18.9 Å². The molecule has 0 bridgehead atoms. The molecule has 34 heavy (non-hydrogen) atoms. The van der Waals surface area contributed by atoms with E-state index in [4.69, 9.17) is 28.6 Å². The molecule has 0 N–H and O–H groups in total. The summed E-state index contributed by atoms with van der Waals surface area (Å²) in [6.45, 7) is 2.85. The predicted octanol–water partition coefficient (Wildman–Crippen LogP) is 8.50. The van der Waals surface area contributed by atoms with Gasteiger partial charge in [0.25, 0.3) is 5.91 Å². The molecule has 3 rings (SSSR count). The summed E-state index contributed by atoms with van der Waals surface area (Å²) < 4.78 is 45.6. The fourth-order valence-corrected chi connectivity index (χ4v) is 4.97. The molecule has 0 saturated carbocycles. The zero-order valence-electron chi connectivity index (χ0n) is 18.7. The molecule has 1 saturated heterocycles. The average molecular weight is 528 g/mol. The summed E-state index contributed by atoms with van der Waals surface area (Å²) in [5.74, 6) is 0.271. The second-order valence-corrected chi connectivity index (χ2v) is 9.95. The van der Waals surface area contributed by atoms with Crippen molar-refractivity contribution in [3.8, 4) is 5.75 Å². The number of halogens is 4. The van der Waals surface area contributed by atoms with E-state index in [1.165, 1.54) is 31.7 Å². The van der Waals surface area contributed by atoms with Crippen LogP contribution >= 0.6 is 35.6 Å². The van der Waals surface area contributed by atoms with Crippen molar-refractivity contribution in [1.82, 2.24) is 0 Å². The topological polar surface area (TPSA) is 29.5 Å². The van der Waals surface area contributed by atoms with E-state index in [1.54, 1.807) is 6.08 Å². The number of benzene rings is 2. The van der Waals surface area contributed by atoms with Gasteiger partial charge < -0.3 is 4.74 Å². The normalized spacial score (nSPS) is 15.4. The first-order valence-electron chi connectivity index (χ1n) is 11.1. The van der Waals surface area contributed by atoms with Crippen molar-refractivity contribution in [1.29, 1.82) is 0 Å². The average Bonchev–Trinajstić information content (AvgIpc) is 3.06. The Morgan fingerprint density at radius 3 is 2.41 bits per heavy atom. The number of hydrogen-bond acceptors (Lipinski definition) is 4. The third kappa shape index (κ3) is 6.99. The molecule has 182 valence electrons. The Morgan fingerprint density at radius 1 is 1.06 bits per heavy atom. The second kappa shape index (κ2) is 12.1. The van der Waals surface area contributed by atoms with E-state index in [2.05, 4.69) is 6.92 Å². The van der Waals surface area contributed by atoms with Crippen LogP contribution in [0.3, 0.4) is 0 Å². The molecule has 2 aromatic carbocycles. The van der Waals surface area contributed by atoms with E-state index >= 15 is 0 Å². The Hall–Kier alpha value is -2.03. The number of rotatable bonds is 10. The second-order valence-electron chi connectivity index (χ2n) is 7.86. The van der Waals surface area contributed by atoms with Crippen LogP contribution in [0.5, 0.6) is 5.75 Å². The number of thiocarbonyl (C=S) groups is 1. The van der Waals surface area contributed by atoms with E-state index < -0.39 is 22.7 Å². The Bertz CT molecular complexity index is 1060. The molecule has 1 amide bonds. The van der Waals surface area contributed by atoms with Crippen molar-refractivity contribution in [2.75, 3.05) is 11.5 Å². The molecule has 1 heterocycles. The molecule has 0 radical (unpaired) electrons. The molecule has 1 fully saturated rings. The van der Waals surface area contributed by atoms with Crippen LogP contribution in [-0.2, 0) is 11.0 Å². The molecule has 0 aliphatic carbocycles. The highest BCUT2D eigenvalue weighted by molar-refractivity contribution is 8.27. The number of hydrogen-bond donors (Lipinski definition) is 0. The summed E-state index contributed by atoms with van der Waals surface area (Å²) in [7, 11) is 0. The van der Waals surface area contributed by atoms with Gasteiger partial charge >= 0.3 is 6.18 Å². The van der Waals surface area contributed by atoms with Gasteiger partial charge in [0, 0.05) is 0 Å². The summed E-state index contributed by atoms with van der Waals surface area (Å²) in [5.41, 5.74) is -0.221. The molecular formula is C25H25ClF3NO2S2. The van der Waals surface area contributed by atoms with Crippen molar-refractivity contribution < 1.29 is 22.7 Å². The lowest BCUT2D eigenvalue weighted by Gasteiger charge is -2.17. The van der Waals surface area contributed by atoms with Crippen molar-refractivity contribution >= 4 is 57.6 Å². The number of amides is 1. The van der Waals surface area contributed by atoms with Gasteiger partial charge in [-0.25, -0.2) is 0 Å². The number of unbranched alkanes of at least 4 members (excludes halogenated alkanes) is 5. The molecule has 0 atom stereocenters. The van der Waals surface area contributed by atoms with E-state index in [-0.39, 0.29) is 10.0 Å². The van der Waals surface area contributed by atoms with Gasteiger partial charge in [0.05, 0.1) is 27.8 Å². The van der Waals surface area contributed by atoms with Gasteiger partial charge in [-0.15, -0.1) is 0 Å². The number of nitrogens with zero attached hydrogens (tertiary/aromatic N) is 1.